The van der Waals surface area contributed by atoms with E-state index in [1.807, 2.05) is 12.1 Å². The molecule has 100 valence electrons. The Labute approximate surface area is 110 Å². The fourth-order valence-electron chi connectivity index (χ4n) is 2.41. The van der Waals surface area contributed by atoms with Gasteiger partial charge in [-0.15, -0.1) is 0 Å². The summed E-state index contributed by atoms with van der Waals surface area (Å²) in [6, 6.07) is 8.96. The van der Waals surface area contributed by atoms with Crippen LogP contribution in [0.15, 0.2) is 24.3 Å². The lowest BCUT2D eigenvalue weighted by atomic mass is 10.2. The number of hydrogen-bond acceptors (Lipinski definition) is 3. The number of nitrogens with one attached hydrogen (secondary N) is 1. The molecule has 1 fully saturated rings. The zero-order valence-corrected chi connectivity index (χ0v) is 11.5. The van der Waals surface area contributed by atoms with Crippen LogP contribution in [0, 0.1) is 6.92 Å². The van der Waals surface area contributed by atoms with E-state index in [2.05, 4.69) is 36.3 Å². The summed E-state index contributed by atoms with van der Waals surface area (Å²) in [6.07, 6.45) is 2.36. The topological polar surface area (TPSA) is 24.5 Å². The van der Waals surface area contributed by atoms with E-state index in [1.165, 1.54) is 12.0 Å². The molecule has 18 heavy (non-hydrogen) atoms. The molecule has 0 aromatic heterocycles. The van der Waals surface area contributed by atoms with Gasteiger partial charge in [-0.05, 0) is 51.1 Å². The summed E-state index contributed by atoms with van der Waals surface area (Å²) in [5, 5.41) is 3.40. The van der Waals surface area contributed by atoms with Gasteiger partial charge in [-0.3, -0.25) is 0 Å². The van der Waals surface area contributed by atoms with E-state index in [0.29, 0.717) is 6.04 Å². The van der Waals surface area contributed by atoms with Crippen molar-refractivity contribution < 1.29 is 4.74 Å². The van der Waals surface area contributed by atoms with Crippen molar-refractivity contribution in [3.05, 3.63) is 29.8 Å². The molecule has 3 heteroatoms. The van der Waals surface area contributed by atoms with Gasteiger partial charge in [0.25, 0.3) is 0 Å². The highest BCUT2D eigenvalue weighted by Crippen LogP contribution is 2.13. The number of likely N-dealkylation sites (N-methyl/N-ethyl adjacent to an activating group) is 1. The van der Waals surface area contributed by atoms with Gasteiger partial charge in [-0.25, -0.2) is 0 Å². The summed E-state index contributed by atoms with van der Waals surface area (Å²) < 4.78 is 5.76. The molecule has 2 rings (SSSR count). The minimum atomic E-state index is 0.712. The van der Waals surface area contributed by atoms with Crippen LogP contribution in [0.4, 0.5) is 0 Å². The number of ether oxygens (including phenoxy) is 1. The van der Waals surface area contributed by atoms with E-state index in [9.17, 15) is 0 Å². The third kappa shape index (κ3) is 4.00. The average molecular weight is 248 g/mol. The zero-order chi connectivity index (χ0) is 12.8. The van der Waals surface area contributed by atoms with Crippen molar-refractivity contribution in [3.63, 3.8) is 0 Å². The molecule has 0 aliphatic carbocycles. The fraction of sp³-hybridized carbons (Fsp3) is 0.600. The molecular weight excluding hydrogens is 224 g/mol. The van der Waals surface area contributed by atoms with Crippen molar-refractivity contribution in [1.29, 1.82) is 0 Å². The Bertz CT molecular complexity index is 361. The SMILES string of the molecule is Cc1cccc(OCCCN(C)C2CCNC2)c1. The van der Waals surface area contributed by atoms with Crippen LogP contribution in [0.3, 0.4) is 0 Å². The van der Waals surface area contributed by atoms with Gasteiger partial charge < -0.3 is 15.0 Å². The van der Waals surface area contributed by atoms with Gasteiger partial charge in [0.15, 0.2) is 0 Å². The van der Waals surface area contributed by atoms with Gasteiger partial charge in [-0.1, -0.05) is 12.1 Å². The van der Waals surface area contributed by atoms with Crippen LogP contribution in [-0.2, 0) is 0 Å². The zero-order valence-electron chi connectivity index (χ0n) is 11.5. The number of nitrogens with zero attached hydrogens (tertiary/aromatic N) is 1. The first-order chi connectivity index (χ1) is 8.75. The molecule has 0 saturated carbocycles. The van der Waals surface area contributed by atoms with Gasteiger partial charge >= 0.3 is 0 Å². The minimum absolute atomic E-state index is 0.712. The van der Waals surface area contributed by atoms with E-state index < -0.39 is 0 Å². The number of benzene rings is 1. The van der Waals surface area contributed by atoms with Crippen LogP contribution >= 0.6 is 0 Å². The van der Waals surface area contributed by atoms with Crippen molar-refractivity contribution in [1.82, 2.24) is 10.2 Å². The van der Waals surface area contributed by atoms with Gasteiger partial charge in [0.1, 0.15) is 5.75 Å². The number of hydrogen-bond donors (Lipinski definition) is 1. The highest BCUT2D eigenvalue weighted by Gasteiger charge is 2.18. The van der Waals surface area contributed by atoms with Gasteiger partial charge in [0, 0.05) is 19.1 Å². The molecule has 0 spiro atoms. The third-order valence-corrected chi connectivity index (χ3v) is 3.57. The van der Waals surface area contributed by atoms with E-state index in [0.717, 1.165) is 38.4 Å². The van der Waals surface area contributed by atoms with E-state index in [4.69, 9.17) is 4.74 Å². The van der Waals surface area contributed by atoms with Crippen LogP contribution in [0.25, 0.3) is 0 Å². The van der Waals surface area contributed by atoms with Crippen molar-refractivity contribution in [2.45, 2.75) is 25.8 Å². The first-order valence-electron chi connectivity index (χ1n) is 6.86. The van der Waals surface area contributed by atoms with E-state index >= 15 is 0 Å². The van der Waals surface area contributed by atoms with Crippen LogP contribution in [0.2, 0.25) is 0 Å². The smallest absolute Gasteiger partial charge is 0.119 e. The molecule has 1 aliphatic rings. The first kappa shape index (κ1) is 13.4. The highest BCUT2D eigenvalue weighted by atomic mass is 16.5. The van der Waals surface area contributed by atoms with Crippen LogP contribution in [0.5, 0.6) is 5.75 Å². The average Bonchev–Trinajstić information content (AvgIpc) is 2.88. The molecule has 0 bridgehead atoms. The summed E-state index contributed by atoms with van der Waals surface area (Å²) >= 11 is 0. The molecule has 1 N–H and O–H groups in total. The highest BCUT2D eigenvalue weighted by molar-refractivity contribution is 5.27. The summed E-state index contributed by atoms with van der Waals surface area (Å²) in [7, 11) is 2.21. The molecular formula is C15H24N2O. The summed E-state index contributed by atoms with van der Waals surface area (Å²) in [5.74, 6) is 0.986. The van der Waals surface area contributed by atoms with E-state index in [1.54, 1.807) is 0 Å². The first-order valence-corrected chi connectivity index (χ1v) is 6.86. The second-order valence-electron chi connectivity index (χ2n) is 5.15. The minimum Gasteiger partial charge on any atom is -0.494 e. The molecule has 1 saturated heterocycles. The van der Waals surface area contributed by atoms with Crippen molar-refractivity contribution >= 4 is 0 Å². The molecule has 1 aliphatic heterocycles. The number of rotatable bonds is 6. The van der Waals surface area contributed by atoms with E-state index in [-0.39, 0.29) is 0 Å². The summed E-state index contributed by atoms with van der Waals surface area (Å²) in [6.45, 7) is 6.30. The lowest BCUT2D eigenvalue weighted by Gasteiger charge is -2.23. The maximum Gasteiger partial charge on any atom is 0.119 e. The van der Waals surface area contributed by atoms with Crippen LogP contribution in [-0.4, -0.2) is 44.2 Å². The standard InChI is InChI=1S/C15H24N2O/c1-13-5-3-6-15(11-13)18-10-4-9-17(2)14-7-8-16-12-14/h3,5-6,11,14,16H,4,7-10,12H2,1-2H3. The fourth-order valence-corrected chi connectivity index (χ4v) is 2.41. The monoisotopic (exact) mass is 248 g/mol. The second-order valence-corrected chi connectivity index (χ2v) is 5.15. The molecule has 3 nitrogen and oxygen atoms in total. The molecule has 0 radical (unpaired) electrons. The molecule has 1 heterocycles. The third-order valence-electron chi connectivity index (χ3n) is 3.57. The molecule has 1 unspecified atom stereocenters. The van der Waals surface area contributed by atoms with Gasteiger partial charge in [0.05, 0.1) is 6.61 Å². The van der Waals surface area contributed by atoms with Crippen LogP contribution < -0.4 is 10.1 Å². The Balaban J connectivity index is 1.63. The predicted octanol–water partition coefficient (Wildman–Crippen LogP) is 2.06. The second kappa shape index (κ2) is 6.76. The molecule has 1 atom stereocenters. The Kier molecular flexibility index (Phi) is 5.02. The normalized spacial score (nSPS) is 19.4. The Morgan fingerprint density at radius 3 is 3.06 bits per heavy atom. The summed E-state index contributed by atoms with van der Waals surface area (Å²) in [5.41, 5.74) is 1.25. The van der Waals surface area contributed by atoms with Crippen molar-refractivity contribution in [2.75, 3.05) is 33.3 Å². The van der Waals surface area contributed by atoms with Crippen molar-refractivity contribution in [2.24, 2.45) is 0 Å². The summed E-state index contributed by atoms with van der Waals surface area (Å²) in [4.78, 5) is 2.44. The molecule has 1 aromatic rings. The largest absolute Gasteiger partial charge is 0.494 e. The quantitative estimate of drug-likeness (QED) is 0.780. The Morgan fingerprint density at radius 2 is 2.33 bits per heavy atom. The predicted molar refractivity (Wildman–Crippen MR) is 75.2 cm³/mol. The molecule has 1 aromatic carbocycles. The van der Waals surface area contributed by atoms with Crippen LogP contribution in [0.1, 0.15) is 18.4 Å². The molecule has 0 amide bonds. The lowest BCUT2D eigenvalue weighted by molar-refractivity contribution is 0.224. The van der Waals surface area contributed by atoms with Crippen molar-refractivity contribution in [3.8, 4) is 5.75 Å². The maximum absolute atomic E-state index is 5.76. The Hall–Kier alpha value is -1.06. The lowest BCUT2D eigenvalue weighted by Crippen LogP contribution is -2.34. The van der Waals surface area contributed by atoms with Gasteiger partial charge in [-0.2, -0.15) is 0 Å². The maximum atomic E-state index is 5.76. The number of aryl methyl sites for hydroxylation is 1. The van der Waals surface area contributed by atoms with Gasteiger partial charge in [0.2, 0.25) is 0 Å². The Morgan fingerprint density at radius 1 is 1.44 bits per heavy atom.